The van der Waals surface area contributed by atoms with E-state index in [4.69, 9.17) is 0 Å². The van der Waals surface area contributed by atoms with E-state index in [1.165, 1.54) is 12.1 Å². The van der Waals surface area contributed by atoms with Gasteiger partial charge in [-0.3, -0.25) is 9.79 Å². The quantitative estimate of drug-likeness (QED) is 0.131. The number of hydrogen-bond acceptors (Lipinski definition) is 5. The molecule has 0 spiro atoms. The summed E-state index contributed by atoms with van der Waals surface area (Å²) in [6.07, 6.45) is 1.61. The van der Waals surface area contributed by atoms with Crippen molar-refractivity contribution in [3.63, 3.8) is 0 Å². The summed E-state index contributed by atoms with van der Waals surface area (Å²) in [5, 5.41) is 9.03. The fourth-order valence-electron chi connectivity index (χ4n) is 2.82. The van der Waals surface area contributed by atoms with Crippen LogP contribution >= 0.6 is 35.7 Å². The predicted octanol–water partition coefficient (Wildman–Crippen LogP) is 2.17. The van der Waals surface area contributed by atoms with Crippen LogP contribution in [0.15, 0.2) is 34.2 Å². The van der Waals surface area contributed by atoms with Crippen molar-refractivity contribution >= 4 is 57.4 Å². The van der Waals surface area contributed by atoms with Crippen molar-refractivity contribution < 1.29 is 17.6 Å². The summed E-state index contributed by atoms with van der Waals surface area (Å²) < 4.78 is 35.8. The first-order chi connectivity index (χ1) is 13.9. The molecule has 3 N–H and O–H groups in total. The second kappa shape index (κ2) is 14.1. The number of sulfone groups is 1. The van der Waals surface area contributed by atoms with E-state index >= 15 is 0 Å². The van der Waals surface area contributed by atoms with Gasteiger partial charge >= 0.3 is 0 Å². The summed E-state index contributed by atoms with van der Waals surface area (Å²) in [6, 6.07) is 6.17. The Labute approximate surface area is 199 Å². The van der Waals surface area contributed by atoms with Crippen molar-refractivity contribution in [3.8, 4) is 0 Å². The molecule has 1 aromatic carbocycles. The first-order valence-electron chi connectivity index (χ1n) is 9.78. The van der Waals surface area contributed by atoms with E-state index in [0.29, 0.717) is 32.0 Å². The molecule has 7 nitrogen and oxygen atoms in total. The van der Waals surface area contributed by atoms with Crippen LogP contribution in [0.5, 0.6) is 0 Å². The number of carbonyl (C=O) groups excluding carboxylic acids is 1. The second-order valence-electron chi connectivity index (χ2n) is 6.76. The molecule has 30 heavy (non-hydrogen) atoms. The molecule has 1 saturated heterocycles. The third-order valence-electron chi connectivity index (χ3n) is 4.24. The van der Waals surface area contributed by atoms with Gasteiger partial charge in [-0.1, -0.05) is 0 Å². The maximum absolute atomic E-state index is 12.9. The highest BCUT2D eigenvalue weighted by molar-refractivity contribution is 14.0. The lowest BCUT2D eigenvalue weighted by molar-refractivity contribution is -0.121. The Morgan fingerprint density at radius 1 is 1.27 bits per heavy atom. The lowest BCUT2D eigenvalue weighted by atomic mass is 10.2. The number of guanidine groups is 1. The lowest BCUT2D eigenvalue weighted by Crippen LogP contribution is -2.41. The number of nitrogens with one attached hydrogen (secondary N) is 3. The smallest absolute Gasteiger partial charge is 0.222 e. The van der Waals surface area contributed by atoms with Crippen LogP contribution < -0.4 is 16.0 Å². The highest BCUT2D eigenvalue weighted by Gasteiger charge is 2.28. The third kappa shape index (κ3) is 10.8. The van der Waals surface area contributed by atoms with Crippen molar-refractivity contribution in [1.29, 1.82) is 0 Å². The normalized spacial score (nSPS) is 17.8. The van der Waals surface area contributed by atoms with Gasteiger partial charge in [0.25, 0.3) is 0 Å². The third-order valence-corrected chi connectivity index (χ3v) is 7.11. The first kappa shape index (κ1) is 27.0. The van der Waals surface area contributed by atoms with Crippen molar-refractivity contribution in [3.05, 3.63) is 30.1 Å². The Morgan fingerprint density at radius 3 is 2.63 bits per heavy atom. The van der Waals surface area contributed by atoms with Gasteiger partial charge in [0.05, 0.1) is 11.5 Å². The van der Waals surface area contributed by atoms with E-state index in [1.807, 2.05) is 6.92 Å². The molecule has 0 radical (unpaired) electrons. The average Bonchev–Trinajstić information content (AvgIpc) is 3.01. The molecule has 0 saturated carbocycles. The van der Waals surface area contributed by atoms with Gasteiger partial charge in [0.2, 0.25) is 5.91 Å². The SMILES string of the molecule is CCNC(=NCCCSc1ccc(F)cc1)NCCC(=O)NC1CCS(=O)(=O)C1.I. The van der Waals surface area contributed by atoms with Crippen molar-refractivity contribution in [2.75, 3.05) is 36.9 Å². The molecule has 1 aliphatic rings. The van der Waals surface area contributed by atoms with Crippen LogP contribution in [0.1, 0.15) is 26.2 Å². The summed E-state index contributed by atoms with van der Waals surface area (Å²) in [4.78, 5) is 17.5. The highest BCUT2D eigenvalue weighted by atomic mass is 127. The molecule has 1 fully saturated rings. The number of halogens is 2. The van der Waals surface area contributed by atoms with Gasteiger partial charge in [-0.15, -0.1) is 35.7 Å². The van der Waals surface area contributed by atoms with Crippen molar-refractivity contribution in [2.24, 2.45) is 4.99 Å². The number of hydrogen-bond donors (Lipinski definition) is 3. The van der Waals surface area contributed by atoms with Crippen LogP contribution in [-0.2, 0) is 14.6 Å². The van der Waals surface area contributed by atoms with Gasteiger partial charge in [-0.2, -0.15) is 0 Å². The van der Waals surface area contributed by atoms with Crippen LogP contribution in [-0.4, -0.2) is 63.2 Å². The van der Waals surface area contributed by atoms with Crippen molar-refractivity contribution in [2.45, 2.75) is 37.1 Å². The standard InChI is InChI=1S/C19H29FN4O3S2.HI/c1-2-21-19(22-10-3-12-28-17-6-4-15(20)5-7-17)23-11-8-18(25)24-16-9-13-29(26,27)14-16;/h4-7,16H,2-3,8-14H2,1H3,(H,24,25)(H2,21,22,23);1H. The molecule has 11 heteroatoms. The van der Waals surface area contributed by atoms with Crippen molar-refractivity contribution in [1.82, 2.24) is 16.0 Å². The van der Waals surface area contributed by atoms with Gasteiger partial charge < -0.3 is 16.0 Å². The van der Waals surface area contributed by atoms with E-state index in [1.54, 1.807) is 23.9 Å². The fraction of sp³-hybridized carbons (Fsp3) is 0.579. The van der Waals surface area contributed by atoms with E-state index < -0.39 is 9.84 Å². The van der Waals surface area contributed by atoms with E-state index in [2.05, 4.69) is 20.9 Å². The molecule has 1 amide bonds. The molecule has 1 heterocycles. The number of aliphatic imine (C=N–C) groups is 1. The van der Waals surface area contributed by atoms with Gasteiger partial charge in [-0.05, 0) is 49.8 Å². The minimum atomic E-state index is -3.00. The van der Waals surface area contributed by atoms with Gasteiger partial charge in [-0.25, -0.2) is 12.8 Å². The maximum atomic E-state index is 12.9. The maximum Gasteiger partial charge on any atom is 0.222 e. The average molecular weight is 573 g/mol. The number of amides is 1. The summed E-state index contributed by atoms with van der Waals surface area (Å²) in [5.74, 6) is 1.31. The molecule has 1 atom stereocenters. The molecule has 2 rings (SSSR count). The summed E-state index contributed by atoms with van der Waals surface area (Å²) >= 11 is 1.66. The predicted molar refractivity (Wildman–Crippen MR) is 131 cm³/mol. The number of benzene rings is 1. The van der Waals surface area contributed by atoms with Gasteiger partial charge in [0, 0.05) is 37.0 Å². The summed E-state index contributed by atoms with van der Waals surface area (Å²) in [5.41, 5.74) is 0. The molecule has 1 aliphatic heterocycles. The second-order valence-corrected chi connectivity index (χ2v) is 10.2. The van der Waals surface area contributed by atoms with Crippen LogP contribution in [0.2, 0.25) is 0 Å². The number of thioether (sulfide) groups is 1. The number of nitrogens with zero attached hydrogens (tertiary/aromatic N) is 1. The monoisotopic (exact) mass is 572 g/mol. The molecular formula is C19H30FIN4O3S2. The zero-order valence-corrected chi connectivity index (χ0v) is 21.0. The van der Waals surface area contributed by atoms with E-state index in [9.17, 15) is 17.6 Å². The zero-order chi connectivity index (χ0) is 21.1. The zero-order valence-electron chi connectivity index (χ0n) is 17.0. The minimum absolute atomic E-state index is 0. The summed E-state index contributed by atoms with van der Waals surface area (Å²) in [7, 11) is -3.00. The Kier molecular flexibility index (Phi) is 12.6. The Bertz CT molecular complexity index is 791. The summed E-state index contributed by atoms with van der Waals surface area (Å²) in [6.45, 7) is 3.73. The number of rotatable bonds is 10. The number of carbonyl (C=O) groups is 1. The van der Waals surface area contributed by atoms with Gasteiger partial charge in [0.1, 0.15) is 5.82 Å². The van der Waals surface area contributed by atoms with E-state index in [-0.39, 0.29) is 59.7 Å². The topological polar surface area (TPSA) is 99.7 Å². The molecule has 170 valence electrons. The molecular weight excluding hydrogens is 542 g/mol. The fourth-order valence-corrected chi connectivity index (χ4v) is 5.33. The Hall–Kier alpha value is -1.08. The molecule has 1 aromatic rings. The largest absolute Gasteiger partial charge is 0.357 e. The molecule has 0 aliphatic carbocycles. The Morgan fingerprint density at radius 2 is 2.00 bits per heavy atom. The van der Waals surface area contributed by atoms with E-state index in [0.717, 1.165) is 17.1 Å². The molecule has 1 unspecified atom stereocenters. The van der Waals surface area contributed by atoms with Crippen LogP contribution in [0, 0.1) is 5.82 Å². The first-order valence-corrected chi connectivity index (χ1v) is 12.6. The van der Waals surface area contributed by atoms with Gasteiger partial charge in [0.15, 0.2) is 15.8 Å². The minimum Gasteiger partial charge on any atom is -0.357 e. The molecule has 0 aromatic heterocycles. The molecule has 0 bridgehead atoms. The Balaban J connectivity index is 0.00000450. The highest BCUT2D eigenvalue weighted by Crippen LogP contribution is 2.18. The van der Waals surface area contributed by atoms with Crippen LogP contribution in [0.4, 0.5) is 4.39 Å². The van der Waals surface area contributed by atoms with Crippen LogP contribution in [0.25, 0.3) is 0 Å². The van der Waals surface area contributed by atoms with Crippen LogP contribution in [0.3, 0.4) is 0 Å². The lowest BCUT2D eigenvalue weighted by Gasteiger charge is -2.13.